The molecule has 5 heterocycles. The lowest BCUT2D eigenvalue weighted by Crippen LogP contribution is -1.98. The van der Waals surface area contributed by atoms with Crippen LogP contribution in [-0.2, 0) is 0 Å². The van der Waals surface area contributed by atoms with Crippen LogP contribution in [0.15, 0.2) is 152 Å². The molecule has 8 rings (SSSR count). The summed E-state index contributed by atoms with van der Waals surface area (Å²) in [4.78, 5) is 20.7. The third-order valence-corrected chi connectivity index (χ3v) is 7.63. The predicted octanol–water partition coefficient (Wildman–Crippen LogP) is 8.34. The minimum absolute atomic E-state index is 0.730. The highest BCUT2D eigenvalue weighted by Crippen LogP contribution is 2.34. The van der Waals surface area contributed by atoms with Gasteiger partial charge in [0.15, 0.2) is 0 Å². The highest BCUT2D eigenvalue weighted by molar-refractivity contribution is 5.99. The molecule has 0 aliphatic carbocycles. The molecular formula is C38H25N7. The van der Waals surface area contributed by atoms with Crippen LogP contribution >= 0.6 is 0 Å². The second-order valence-corrected chi connectivity index (χ2v) is 10.5. The van der Waals surface area contributed by atoms with Crippen LogP contribution in [0.5, 0.6) is 0 Å². The topological polar surface area (TPSA) is 82.3 Å². The molecule has 0 aliphatic heterocycles. The third kappa shape index (κ3) is 5.13. The summed E-state index contributed by atoms with van der Waals surface area (Å²) in [5.41, 5.74) is 11.1. The van der Waals surface area contributed by atoms with Gasteiger partial charge in [0.05, 0.1) is 39.9 Å². The SMILES string of the molecule is c1ccc(-c2cccc(-n3nc4c(-c5cccc(-c6ccccn6)n5)ccc(-c5cccc(-c6ccccn6)n5)c4n3)c2)cc1. The van der Waals surface area contributed by atoms with Crippen LogP contribution in [0.1, 0.15) is 0 Å². The third-order valence-electron chi connectivity index (χ3n) is 7.63. The molecule has 0 saturated heterocycles. The summed E-state index contributed by atoms with van der Waals surface area (Å²) in [6, 6.07) is 46.2. The number of benzene rings is 3. The van der Waals surface area contributed by atoms with Crippen molar-refractivity contribution in [1.29, 1.82) is 0 Å². The van der Waals surface area contributed by atoms with Crippen molar-refractivity contribution in [2.45, 2.75) is 0 Å². The zero-order chi connectivity index (χ0) is 30.0. The zero-order valence-corrected chi connectivity index (χ0v) is 24.1. The van der Waals surface area contributed by atoms with Gasteiger partial charge in [-0.25, -0.2) is 9.97 Å². The van der Waals surface area contributed by atoms with E-state index in [1.165, 1.54) is 0 Å². The van der Waals surface area contributed by atoms with Gasteiger partial charge in [-0.3, -0.25) is 9.97 Å². The fourth-order valence-corrected chi connectivity index (χ4v) is 5.45. The highest BCUT2D eigenvalue weighted by atomic mass is 15.5. The molecule has 0 saturated carbocycles. The van der Waals surface area contributed by atoms with Crippen molar-refractivity contribution in [3.8, 4) is 62.1 Å². The minimum atomic E-state index is 0.730. The summed E-state index contributed by atoms with van der Waals surface area (Å²) in [6.07, 6.45) is 3.55. The van der Waals surface area contributed by atoms with E-state index in [1.54, 1.807) is 17.2 Å². The van der Waals surface area contributed by atoms with E-state index in [1.807, 2.05) is 103 Å². The van der Waals surface area contributed by atoms with Gasteiger partial charge in [-0.1, -0.05) is 66.7 Å². The fraction of sp³-hybridized carbons (Fsp3) is 0. The first-order valence-corrected chi connectivity index (χ1v) is 14.6. The maximum absolute atomic E-state index is 5.07. The number of hydrogen-bond donors (Lipinski definition) is 0. The number of fused-ring (bicyclic) bond motifs is 1. The van der Waals surface area contributed by atoms with E-state index in [2.05, 4.69) is 46.4 Å². The van der Waals surface area contributed by atoms with Gasteiger partial charge >= 0.3 is 0 Å². The largest absolute Gasteiger partial charge is 0.255 e. The molecule has 0 spiro atoms. The normalized spacial score (nSPS) is 11.1. The van der Waals surface area contributed by atoms with Gasteiger partial charge in [-0.2, -0.15) is 4.80 Å². The molecule has 7 nitrogen and oxygen atoms in total. The molecule has 0 aliphatic rings. The average Bonchev–Trinajstić information content (AvgIpc) is 3.58. The van der Waals surface area contributed by atoms with Crippen LogP contribution in [0.25, 0.3) is 73.1 Å². The van der Waals surface area contributed by atoms with E-state index < -0.39 is 0 Å². The Bertz CT molecular complexity index is 2140. The van der Waals surface area contributed by atoms with E-state index in [0.29, 0.717) is 0 Å². The van der Waals surface area contributed by atoms with Crippen molar-refractivity contribution in [3.05, 3.63) is 152 Å². The van der Waals surface area contributed by atoms with Crippen LogP contribution in [0, 0.1) is 0 Å². The molecule has 212 valence electrons. The van der Waals surface area contributed by atoms with Gasteiger partial charge in [0.2, 0.25) is 0 Å². The van der Waals surface area contributed by atoms with Crippen molar-refractivity contribution >= 4 is 11.0 Å². The van der Waals surface area contributed by atoms with Crippen LogP contribution < -0.4 is 0 Å². The van der Waals surface area contributed by atoms with Crippen molar-refractivity contribution in [2.75, 3.05) is 0 Å². The molecule has 7 heteroatoms. The number of hydrogen-bond acceptors (Lipinski definition) is 6. The van der Waals surface area contributed by atoms with Crippen LogP contribution in [0.4, 0.5) is 0 Å². The Labute approximate surface area is 259 Å². The van der Waals surface area contributed by atoms with E-state index in [0.717, 1.165) is 73.1 Å². The quantitative estimate of drug-likeness (QED) is 0.197. The molecule has 5 aromatic heterocycles. The first-order valence-electron chi connectivity index (χ1n) is 14.6. The fourth-order valence-electron chi connectivity index (χ4n) is 5.45. The molecule has 8 aromatic rings. The maximum Gasteiger partial charge on any atom is 0.123 e. The van der Waals surface area contributed by atoms with Crippen molar-refractivity contribution < 1.29 is 0 Å². The van der Waals surface area contributed by atoms with Gasteiger partial charge in [0, 0.05) is 23.5 Å². The Morgan fingerprint density at radius 3 is 1.42 bits per heavy atom. The lowest BCUT2D eigenvalue weighted by atomic mass is 10.0. The van der Waals surface area contributed by atoms with E-state index in [4.69, 9.17) is 20.2 Å². The summed E-state index contributed by atoms with van der Waals surface area (Å²) >= 11 is 0. The summed E-state index contributed by atoms with van der Waals surface area (Å²) in [6.45, 7) is 0. The molecule has 0 unspecified atom stereocenters. The standard InChI is InChI=1S/C38H25N7/c1-2-11-26(12-3-1)27-13-8-14-28(25-27)45-43-37-29(31-17-9-19-35(41-31)33-15-4-6-23-39-33)21-22-30(38(37)44-45)32-18-10-20-36(42-32)34-16-5-7-24-40-34/h1-25H. The number of aromatic nitrogens is 7. The summed E-state index contributed by atoms with van der Waals surface area (Å²) in [5, 5.41) is 10.1. The first kappa shape index (κ1) is 26.3. The van der Waals surface area contributed by atoms with Crippen LogP contribution in [-0.4, -0.2) is 34.9 Å². The zero-order valence-electron chi connectivity index (χ0n) is 24.1. The van der Waals surface area contributed by atoms with Gasteiger partial charge in [-0.15, -0.1) is 10.2 Å². The summed E-state index contributed by atoms with van der Waals surface area (Å²) in [5.74, 6) is 0. The van der Waals surface area contributed by atoms with E-state index >= 15 is 0 Å². The minimum Gasteiger partial charge on any atom is -0.255 e. The smallest absolute Gasteiger partial charge is 0.123 e. The van der Waals surface area contributed by atoms with Gasteiger partial charge in [-0.05, 0) is 83.9 Å². The molecule has 45 heavy (non-hydrogen) atoms. The van der Waals surface area contributed by atoms with Gasteiger partial charge in [0.25, 0.3) is 0 Å². The van der Waals surface area contributed by atoms with Crippen molar-refractivity contribution in [1.82, 2.24) is 34.9 Å². The Kier molecular flexibility index (Phi) is 6.66. The molecule has 0 bridgehead atoms. The number of rotatable bonds is 6. The van der Waals surface area contributed by atoms with Gasteiger partial charge < -0.3 is 0 Å². The second kappa shape index (κ2) is 11.4. The summed E-state index contributed by atoms with van der Waals surface area (Å²) < 4.78 is 0. The molecular weight excluding hydrogens is 554 g/mol. The molecule has 0 radical (unpaired) electrons. The van der Waals surface area contributed by atoms with Crippen molar-refractivity contribution in [2.24, 2.45) is 0 Å². The Morgan fingerprint density at radius 2 is 0.867 bits per heavy atom. The molecule has 0 N–H and O–H groups in total. The second-order valence-electron chi connectivity index (χ2n) is 10.5. The number of pyridine rings is 4. The van der Waals surface area contributed by atoms with E-state index in [9.17, 15) is 0 Å². The molecule has 0 atom stereocenters. The monoisotopic (exact) mass is 579 g/mol. The Morgan fingerprint density at radius 1 is 0.378 bits per heavy atom. The van der Waals surface area contributed by atoms with Gasteiger partial charge in [0.1, 0.15) is 11.0 Å². The number of nitrogens with zero attached hydrogens (tertiary/aromatic N) is 7. The van der Waals surface area contributed by atoms with Crippen molar-refractivity contribution in [3.63, 3.8) is 0 Å². The van der Waals surface area contributed by atoms with Crippen LogP contribution in [0.3, 0.4) is 0 Å². The highest BCUT2D eigenvalue weighted by Gasteiger charge is 2.19. The maximum atomic E-state index is 5.07. The lowest BCUT2D eigenvalue weighted by Gasteiger charge is -2.08. The van der Waals surface area contributed by atoms with Crippen LogP contribution in [0.2, 0.25) is 0 Å². The molecule has 0 amide bonds. The average molecular weight is 580 g/mol. The Hall–Kier alpha value is -6.34. The first-order chi connectivity index (χ1) is 22.3. The lowest BCUT2D eigenvalue weighted by molar-refractivity contribution is 0.766. The molecule has 3 aromatic carbocycles. The Balaban J connectivity index is 1.31. The van der Waals surface area contributed by atoms with E-state index in [-0.39, 0.29) is 0 Å². The summed E-state index contributed by atoms with van der Waals surface area (Å²) in [7, 11) is 0. The predicted molar refractivity (Wildman–Crippen MR) is 177 cm³/mol. The molecule has 0 fully saturated rings.